The summed E-state index contributed by atoms with van der Waals surface area (Å²) >= 11 is 0. The van der Waals surface area contributed by atoms with E-state index in [0.717, 1.165) is 0 Å². The molecule has 1 aromatic rings. The average Bonchev–Trinajstić information content (AvgIpc) is 2.64. The first-order valence-electron chi connectivity index (χ1n) is 5.20. The number of alkyl carbamates (subject to hydrolysis) is 1. The van der Waals surface area contributed by atoms with Crippen molar-refractivity contribution < 1.29 is 18.8 Å². The minimum Gasteiger partial charge on any atom is -0.450 e. The van der Waals surface area contributed by atoms with E-state index in [1.165, 1.54) is 0 Å². The van der Waals surface area contributed by atoms with Crippen LogP contribution >= 0.6 is 0 Å². The number of carbonyl (C=O) groups excluding carboxylic acids is 2. The molecule has 0 bridgehead atoms. The van der Waals surface area contributed by atoms with Gasteiger partial charge >= 0.3 is 6.09 Å². The third-order valence-electron chi connectivity index (χ3n) is 1.88. The van der Waals surface area contributed by atoms with Crippen molar-refractivity contribution in [3.05, 3.63) is 11.8 Å². The summed E-state index contributed by atoms with van der Waals surface area (Å²) in [5.74, 6) is 0.502. The summed E-state index contributed by atoms with van der Waals surface area (Å²) in [5, 5.41) is 8.47. The van der Waals surface area contributed by atoms with Crippen molar-refractivity contribution in [3.8, 4) is 0 Å². The molecule has 0 spiro atoms. The van der Waals surface area contributed by atoms with Crippen LogP contribution in [0.15, 0.2) is 10.6 Å². The van der Waals surface area contributed by atoms with E-state index in [1.807, 2.05) is 0 Å². The smallest absolute Gasteiger partial charge is 0.407 e. The molecular formula is C10H15N3O4. The second kappa shape index (κ2) is 5.88. The lowest BCUT2D eigenvalue weighted by atomic mass is 10.3. The lowest BCUT2D eigenvalue weighted by molar-refractivity contribution is -0.117. The first-order chi connectivity index (χ1) is 8.02. The van der Waals surface area contributed by atoms with Crippen molar-refractivity contribution in [3.63, 3.8) is 0 Å². The van der Waals surface area contributed by atoms with Gasteiger partial charge in [-0.2, -0.15) is 0 Å². The van der Waals surface area contributed by atoms with Gasteiger partial charge in [0.2, 0.25) is 5.91 Å². The highest BCUT2D eigenvalue weighted by Crippen LogP contribution is 2.07. The molecule has 7 nitrogen and oxygen atoms in total. The quantitative estimate of drug-likeness (QED) is 0.821. The molecule has 0 fully saturated rings. The zero-order valence-electron chi connectivity index (χ0n) is 9.94. The van der Waals surface area contributed by atoms with Crippen molar-refractivity contribution in [1.82, 2.24) is 10.5 Å². The average molecular weight is 241 g/mol. The van der Waals surface area contributed by atoms with Gasteiger partial charge in [-0.05, 0) is 20.8 Å². The van der Waals surface area contributed by atoms with Crippen LogP contribution in [0.4, 0.5) is 10.6 Å². The third kappa shape index (κ3) is 4.13. The molecule has 1 heterocycles. The van der Waals surface area contributed by atoms with Crippen LogP contribution in [0.25, 0.3) is 0 Å². The predicted octanol–water partition coefficient (Wildman–Crippen LogP) is 1.06. The van der Waals surface area contributed by atoms with Crippen molar-refractivity contribution in [2.24, 2.45) is 0 Å². The number of hydrogen-bond acceptors (Lipinski definition) is 5. The zero-order valence-corrected chi connectivity index (χ0v) is 9.94. The molecule has 0 saturated heterocycles. The van der Waals surface area contributed by atoms with E-state index in [0.29, 0.717) is 11.6 Å². The number of nitrogens with zero attached hydrogens (tertiary/aromatic N) is 1. The summed E-state index contributed by atoms with van der Waals surface area (Å²) in [6.45, 7) is 5.19. The summed E-state index contributed by atoms with van der Waals surface area (Å²) in [6.07, 6.45) is -0.633. The van der Waals surface area contributed by atoms with E-state index in [-0.39, 0.29) is 6.61 Å². The highest BCUT2D eigenvalue weighted by molar-refractivity contribution is 5.95. The normalized spacial score (nSPS) is 11.7. The van der Waals surface area contributed by atoms with Crippen LogP contribution in [0.5, 0.6) is 0 Å². The Morgan fingerprint density at radius 3 is 2.82 bits per heavy atom. The number of amides is 2. The van der Waals surface area contributed by atoms with Gasteiger partial charge in [0.15, 0.2) is 5.82 Å². The SMILES string of the molecule is CCOC(=O)N[C@H](C)C(=O)Nc1cc(C)on1. The van der Waals surface area contributed by atoms with Gasteiger partial charge in [0.1, 0.15) is 11.8 Å². The molecule has 7 heteroatoms. The van der Waals surface area contributed by atoms with Crippen LogP contribution in [-0.4, -0.2) is 29.8 Å². The first kappa shape index (κ1) is 13.0. The zero-order chi connectivity index (χ0) is 12.8. The Labute approximate surface area is 98.5 Å². The Kier molecular flexibility index (Phi) is 4.50. The number of rotatable bonds is 4. The Bertz CT molecular complexity index is 402. The fourth-order valence-electron chi connectivity index (χ4n) is 1.07. The molecule has 1 atom stereocenters. The minimum atomic E-state index is -0.717. The lowest BCUT2D eigenvalue weighted by Crippen LogP contribution is -2.41. The second-order valence-corrected chi connectivity index (χ2v) is 3.40. The molecule has 1 rings (SSSR count). The molecule has 2 N–H and O–H groups in total. The molecule has 0 radical (unpaired) electrons. The number of anilines is 1. The van der Waals surface area contributed by atoms with Crippen LogP contribution in [0.1, 0.15) is 19.6 Å². The highest BCUT2D eigenvalue weighted by Gasteiger charge is 2.17. The molecule has 94 valence electrons. The Morgan fingerprint density at radius 2 is 2.29 bits per heavy atom. The maximum atomic E-state index is 11.6. The van der Waals surface area contributed by atoms with Crippen LogP contribution < -0.4 is 10.6 Å². The van der Waals surface area contributed by atoms with Gasteiger partial charge < -0.3 is 19.9 Å². The number of nitrogens with one attached hydrogen (secondary N) is 2. The van der Waals surface area contributed by atoms with Crippen LogP contribution in [0, 0.1) is 6.92 Å². The molecule has 0 aliphatic carbocycles. The number of aryl methyl sites for hydroxylation is 1. The first-order valence-corrected chi connectivity index (χ1v) is 5.20. The van der Waals surface area contributed by atoms with Crippen molar-refractivity contribution in [2.75, 3.05) is 11.9 Å². The highest BCUT2D eigenvalue weighted by atomic mass is 16.5. The molecular weight excluding hydrogens is 226 g/mol. The van der Waals surface area contributed by atoms with E-state index in [4.69, 9.17) is 4.52 Å². The van der Waals surface area contributed by atoms with E-state index in [1.54, 1.807) is 26.8 Å². The van der Waals surface area contributed by atoms with Gasteiger partial charge in [0, 0.05) is 6.07 Å². The fraction of sp³-hybridized carbons (Fsp3) is 0.500. The van der Waals surface area contributed by atoms with Crippen molar-refractivity contribution in [1.29, 1.82) is 0 Å². The number of ether oxygens (including phenoxy) is 1. The van der Waals surface area contributed by atoms with Crippen molar-refractivity contribution >= 4 is 17.8 Å². The largest absolute Gasteiger partial charge is 0.450 e. The van der Waals surface area contributed by atoms with Crippen LogP contribution in [-0.2, 0) is 9.53 Å². The Balaban J connectivity index is 2.44. The van der Waals surface area contributed by atoms with Gasteiger partial charge in [-0.25, -0.2) is 4.79 Å². The molecule has 0 aliphatic heterocycles. The molecule has 17 heavy (non-hydrogen) atoms. The van der Waals surface area contributed by atoms with Crippen LogP contribution in [0.3, 0.4) is 0 Å². The van der Waals surface area contributed by atoms with Gasteiger partial charge in [0.05, 0.1) is 6.61 Å². The maximum Gasteiger partial charge on any atom is 0.407 e. The van der Waals surface area contributed by atoms with Crippen LogP contribution in [0.2, 0.25) is 0 Å². The summed E-state index contributed by atoms with van der Waals surface area (Å²) in [6, 6.07) is 0.862. The molecule has 0 aromatic carbocycles. The number of carbonyl (C=O) groups is 2. The summed E-state index contributed by atoms with van der Waals surface area (Å²) in [4.78, 5) is 22.7. The van der Waals surface area contributed by atoms with Gasteiger partial charge in [0.25, 0.3) is 0 Å². The Morgan fingerprint density at radius 1 is 1.59 bits per heavy atom. The third-order valence-corrected chi connectivity index (χ3v) is 1.88. The lowest BCUT2D eigenvalue weighted by Gasteiger charge is -2.12. The minimum absolute atomic E-state index is 0.253. The molecule has 1 aromatic heterocycles. The van der Waals surface area contributed by atoms with E-state index >= 15 is 0 Å². The topological polar surface area (TPSA) is 93.5 Å². The number of aromatic nitrogens is 1. The summed E-state index contributed by atoms with van der Waals surface area (Å²) < 4.78 is 9.44. The molecule has 0 unspecified atom stereocenters. The molecule has 2 amide bonds. The molecule has 0 aliphatic rings. The fourth-order valence-corrected chi connectivity index (χ4v) is 1.07. The summed E-state index contributed by atoms with van der Waals surface area (Å²) in [5.41, 5.74) is 0. The van der Waals surface area contributed by atoms with Crippen molar-refractivity contribution in [2.45, 2.75) is 26.8 Å². The maximum absolute atomic E-state index is 11.6. The van der Waals surface area contributed by atoms with E-state index in [2.05, 4.69) is 20.5 Å². The van der Waals surface area contributed by atoms with E-state index in [9.17, 15) is 9.59 Å². The van der Waals surface area contributed by atoms with Gasteiger partial charge in [-0.15, -0.1) is 0 Å². The van der Waals surface area contributed by atoms with E-state index < -0.39 is 18.0 Å². The molecule has 0 saturated carbocycles. The monoisotopic (exact) mass is 241 g/mol. The van der Waals surface area contributed by atoms with Gasteiger partial charge in [-0.3, -0.25) is 4.79 Å². The second-order valence-electron chi connectivity index (χ2n) is 3.40. The standard InChI is InChI=1S/C10H15N3O4/c1-4-16-10(15)11-7(3)9(14)12-8-5-6(2)17-13-8/h5,7H,4H2,1-3H3,(H,11,15)(H,12,13,14)/t7-/m1/s1. The van der Waals surface area contributed by atoms with Gasteiger partial charge in [-0.1, -0.05) is 5.16 Å². The number of hydrogen-bond donors (Lipinski definition) is 2. The predicted molar refractivity (Wildman–Crippen MR) is 59.5 cm³/mol. The Hall–Kier alpha value is -2.05. The summed E-state index contributed by atoms with van der Waals surface area (Å²) in [7, 11) is 0.